The molecule has 4 N–H and O–H groups in total. The van der Waals surface area contributed by atoms with Crippen molar-refractivity contribution in [2.45, 2.75) is 90.9 Å². The number of aromatic nitrogens is 2. The molecule has 0 aromatic carbocycles. The lowest BCUT2D eigenvalue weighted by Gasteiger charge is -2.26. The number of hydrogen-bond donors (Lipinski definition) is 3. The minimum Gasteiger partial charge on any atom is -0.368 e. The van der Waals surface area contributed by atoms with Crippen LogP contribution in [0.1, 0.15) is 88.5 Å². The first-order chi connectivity index (χ1) is 18.3. The van der Waals surface area contributed by atoms with Crippen molar-refractivity contribution in [2.24, 2.45) is 11.7 Å². The molecule has 2 atom stereocenters. The Morgan fingerprint density at radius 2 is 1.87 bits per heavy atom. The van der Waals surface area contributed by atoms with Crippen LogP contribution in [0.5, 0.6) is 0 Å². The summed E-state index contributed by atoms with van der Waals surface area (Å²) in [5.41, 5.74) is 13.1. The monoisotopic (exact) mass is 521 g/mol. The van der Waals surface area contributed by atoms with Gasteiger partial charge in [-0.2, -0.15) is 0 Å². The Labute approximate surface area is 227 Å². The van der Waals surface area contributed by atoms with Gasteiger partial charge in [-0.1, -0.05) is 62.3 Å². The van der Waals surface area contributed by atoms with E-state index in [1.54, 1.807) is 7.05 Å². The lowest BCUT2D eigenvalue weighted by Crippen LogP contribution is -2.35. The van der Waals surface area contributed by atoms with Crippen LogP contribution in [-0.4, -0.2) is 41.3 Å². The average Bonchev–Trinajstić information content (AvgIpc) is 3.30. The first kappa shape index (κ1) is 28.1. The lowest BCUT2D eigenvalue weighted by atomic mass is 9.88. The number of hydrogen-bond acceptors (Lipinski definition) is 4. The lowest BCUT2D eigenvalue weighted by molar-refractivity contribution is 0.0959. The van der Waals surface area contributed by atoms with Crippen molar-refractivity contribution in [3.63, 3.8) is 0 Å². The summed E-state index contributed by atoms with van der Waals surface area (Å²) in [7, 11) is 1.63. The normalized spacial score (nSPS) is 20.7. The fraction of sp³-hybridized carbons (Fsp3) is 0.548. The van der Waals surface area contributed by atoms with Crippen molar-refractivity contribution in [1.29, 1.82) is 0 Å². The molecule has 0 fully saturated rings. The van der Waals surface area contributed by atoms with Gasteiger partial charge in [-0.25, -0.2) is 9.37 Å². The Balaban J connectivity index is 1.78. The Morgan fingerprint density at radius 3 is 2.50 bits per heavy atom. The molecule has 3 aliphatic carbocycles. The maximum atomic E-state index is 14.3. The number of nitrogens with two attached hydrogens (primary N) is 1. The zero-order valence-electron chi connectivity index (χ0n) is 23.4. The fourth-order valence-corrected chi connectivity index (χ4v) is 5.52. The first-order valence-electron chi connectivity index (χ1n) is 14.2. The third kappa shape index (κ3) is 6.37. The quantitative estimate of drug-likeness (QED) is 0.318. The molecule has 3 aliphatic rings. The average molecular weight is 522 g/mol. The van der Waals surface area contributed by atoms with E-state index < -0.39 is 6.17 Å². The molecule has 38 heavy (non-hydrogen) atoms. The summed E-state index contributed by atoms with van der Waals surface area (Å²) in [6.45, 7) is 7.42. The maximum Gasteiger partial charge on any atom is 0.273 e. The molecule has 0 radical (unpaired) electrons. The molecule has 206 valence electrons. The van der Waals surface area contributed by atoms with E-state index in [4.69, 9.17) is 10.7 Å². The van der Waals surface area contributed by atoms with E-state index in [1.807, 2.05) is 0 Å². The third-order valence-corrected chi connectivity index (χ3v) is 8.14. The van der Waals surface area contributed by atoms with Gasteiger partial charge in [0.2, 0.25) is 0 Å². The van der Waals surface area contributed by atoms with Gasteiger partial charge in [-0.05, 0) is 74.0 Å². The van der Waals surface area contributed by atoms with Crippen LogP contribution in [-0.2, 0) is 6.54 Å². The standard InChI is InChI=1S/C31H44FN5O/c1-5-21-17-26(32)16-15-25(21)19-37-29(24-13-11-23(12-14-24)22-9-7-6-8-10-22)36-28(31(38)34-4)30(37)35-18-27(33)20(2)3/h6-7,9,11,13,20,26-27,35H,5,8,10,12,14-19,33H2,1-4H3,(H,34,38). The number of imidazole rings is 1. The number of rotatable bonds is 10. The van der Waals surface area contributed by atoms with E-state index in [9.17, 15) is 9.18 Å². The molecular weight excluding hydrogens is 477 g/mol. The van der Waals surface area contributed by atoms with Gasteiger partial charge in [0.1, 0.15) is 17.8 Å². The molecule has 0 bridgehead atoms. The van der Waals surface area contributed by atoms with Crippen LogP contribution in [0.25, 0.3) is 5.57 Å². The van der Waals surface area contributed by atoms with Crippen LogP contribution >= 0.6 is 0 Å². The van der Waals surface area contributed by atoms with Crippen LogP contribution in [0.3, 0.4) is 0 Å². The summed E-state index contributed by atoms with van der Waals surface area (Å²) < 4.78 is 16.4. The topological polar surface area (TPSA) is 85.0 Å². The van der Waals surface area contributed by atoms with E-state index in [-0.39, 0.29) is 11.9 Å². The highest BCUT2D eigenvalue weighted by Crippen LogP contribution is 2.36. The number of amides is 1. The molecule has 7 heteroatoms. The predicted molar refractivity (Wildman–Crippen MR) is 155 cm³/mol. The number of nitrogens with zero attached hydrogens (tertiary/aromatic N) is 2. The van der Waals surface area contributed by atoms with Gasteiger partial charge in [0.15, 0.2) is 5.69 Å². The molecule has 2 unspecified atom stereocenters. The van der Waals surface area contributed by atoms with Gasteiger partial charge < -0.3 is 20.9 Å². The summed E-state index contributed by atoms with van der Waals surface area (Å²) in [4.78, 5) is 17.9. The Bertz CT molecular complexity index is 1180. The van der Waals surface area contributed by atoms with Crippen molar-refractivity contribution in [3.05, 3.63) is 64.2 Å². The number of carbonyl (C=O) groups excluding carboxylic acids is 1. The molecule has 0 saturated carbocycles. The summed E-state index contributed by atoms with van der Waals surface area (Å²) in [6.07, 6.45) is 16.8. The van der Waals surface area contributed by atoms with Crippen molar-refractivity contribution < 1.29 is 9.18 Å². The van der Waals surface area contributed by atoms with Crippen LogP contribution in [0.4, 0.5) is 10.2 Å². The number of allylic oxidation sites excluding steroid dienone is 10. The maximum absolute atomic E-state index is 14.3. The van der Waals surface area contributed by atoms with E-state index in [0.29, 0.717) is 43.4 Å². The van der Waals surface area contributed by atoms with Crippen LogP contribution < -0.4 is 16.4 Å². The van der Waals surface area contributed by atoms with Gasteiger partial charge in [0.05, 0.1) is 0 Å². The second kappa shape index (κ2) is 12.7. The zero-order valence-corrected chi connectivity index (χ0v) is 23.4. The Hall–Kier alpha value is -2.93. The molecule has 1 aromatic rings. The molecule has 4 rings (SSSR count). The smallest absolute Gasteiger partial charge is 0.273 e. The van der Waals surface area contributed by atoms with Gasteiger partial charge in [0, 0.05) is 26.2 Å². The van der Waals surface area contributed by atoms with Crippen LogP contribution in [0.15, 0.2) is 52.7 Å². The first-order valence-corrected chi connectivity index (χ1v) is 14.2. The minimum absolute atomic E-state index is 0.0658. The summed E-state index contributed by atoms with van der Waals surface area (Å²) in [5.74, 6) is 1.57. The molecule has 0 saturated heterocycles. The number of carbonyl (C=O) groups is 1. The summed E-state index contributed by atoms with van der Waals surface area (Å²) in [5, 5.41) is 6.25. The molecule has 1 heterocycles. The summed E-state index contributed by atoms with van der Waals surface area (Å²) >= 11 is 0. The van der Waals surface area contributed by atoms with E-state index >= 15 is 0 Å². The van der Waals surface area contributed by atoms with Gasteiger partial charge in [-0.15, -0.1) is 0 Å². The highest BCUT2D eigenvalue weighted by Gasteiger charge is 2.28. The second-order valence-electron chi connectivity index (χ2n) is 11.0. The van der Waals surface area contributed by atoms with Crippen LogP contribution in [0.2, 0.25) is 0 Å². The van der Waals surface area contributed by atoms with Gasteiger partial charge in [0.25, 0.3) is 5.91 Å². The number of halogens is 1. The molecular formula is C31H44FN5O. The highest BCUT2D eigenvalue weighted by molar-refractivity contribution is 5.97. The van der Waals surface area contributed by atoms with Crippen molar-refractivity contribution in [1.82, 2.24) is 14.9 Å². The van der Waals surface area contributed by atoms with Crippen molar-refractivity contribution in [2.75, 3.05) is 18.9 Å². The molecule has 0 aliphatic heterocycles. The van der Waals surface area contributed by atoms with E-state index in [0.717, 1.165) is 49.9 Å². The Kier molecular flexibility index (Phi) is 9.42. The van der Waals surface area contributed by atoms with Gasteiger partial charge >= 0.3 is 0 Å². The third-order valence-electron chi connectivity index (χ3n) is 8.14. The number of nitrogens with one attached hydrogen (secondary N) is 2. The van der Waals surface area contributed by atoms with E-state index in [1.165, 1.54) is 22.3 Å². The predicted octanol–water partition coefficient (Wildman–Crippen LogP) is 6.25. The Morgan fingerprint density at radius 1 is 1.13 bits per heavy atom. The second-order valence-corrected chi connectivity index (χ2v) is 11.0. The number of alkyl halides is 1. The van der Waals surface area contributed by atoms with E-state index in [2.05, 4.69) is 66.4 Å². The largest absolute Gasteiger partial charge is 0.368 e. The summed E-state index contributed by atoms with van der Waals surface area (Å²) in [6, 6.07) is -0.0658. The number of anilines is 1. The minimum atomic E-state index is -0.771. The fourth-order valence-electron chi connectivity index (χ4n) is 5.52. The van der Waals surface area contributed by atoms with Crippen LogP contribution in [0, 0.1) is 5.92 Å². The van der Waals surface area contributed by atoms with Crippen molar-refractivity contribution in [3.8, 4) is 0 Å². The van der Waals surface area contributed by atoms with Gasteiger partial charge in [-0.3, -0.25) is 4.79 Å². The highest BCUT2D eigenvalue weighted by atomic mass is 19.1. The molecule has 6 nitrogen and oxygen atoms in total. The molecule has 0 spiro atoms. The molecule has 1 amide bonds. The molecule has 1 aromatic heterocycles. The SMILES string of the molecule is CCC1=C(Cn2c(C3=CC=C(C4=CC=CCC4)CC3)nc(C(=O)NC)c2NCC(N)C(C)C)CCC(F)C1. The zero-order chi connectivity index (χ0) is 27.2. The van der Waals surface area contributed by atoms with Crippen molar-refractivity contribution >= 4 is 17.3 Å².